The molecule has 2 saturated heterocycles. The molecule has 2 aliphatic rings. The summed E-state index contributed by atoms with van der Waals surface area (Å²) in [4.78, 5) is 38.0. The molecule has 2 rings (SSSR count). The van der Waals surface area contributed by atoms with Crippen molar-refractivity contribution in [3.63, 3.8) is 0 Å². The van der Waals surface area contributed by atoms with Crippen molar-refractivity contribution in [3.05, 3.63) is 0 Å². The van der Waals surface area contributed by atoms with Gasteiger partial charge in [0.15, 0.2) is 0 Å². The number of nitrogens with one attached hydrogen (secondary N) is 1. The van der Waals surface area contributed by atoms with Gasteiger partial charge in [0.2, 0.25) is 11.8 Å². The van der Waals surface area contributed by atoms with Gasteiger partial charge in [-0.05, 0) is 19.3 Å². The smallest absolute Gasteiger partial charge is 0.410 e. The van der Waals surface area contributed by atoms with Gasteiger partial charge in [-0.25, -0.2) is 4.79 Å². The summed E-state index contributed by atoms with van der Waals surface area (Å²) in [5, 5.41) is 2.71. The highest BCUT2D eigenvalue weighted by molar-refractivity contribution is 5.89. The lowest BCUT2D eigenvalue weighted by Crippen LogP contribution is -2.49. The van der Waals surface area contributed by atoms with Crippen LogP contribution in [0.1, 0.15) is 19.3 Å². The van der Waals surface area contributed by atoms with E-state index >= 15 is 0 Å². The molecule has 0 aromatic heterocycles. The van der Waals surface area contributed by atoms with E-state index in [1.807, 2.05) is 0 Å². The SMILES string of the molecule is CN1CCCC[C@@H](NC(=O)CN2CCOC2=O)C1=O. The third kappa shape index (κ3) is 3.36. The zero-order chi connectivity index (χ0) is 13.8. The normalized spacial score (nSPS) is 24.2. The van der Waals surface area contributed by atoms with Gasteiger partial charge >= 0.3 is 6.09 Å². The quantitative estimate of drug-likeness (QED) is 0.753. The molecule has 0 radical (unpaired) electrons. The predicted octanol–water partition coefficient (Wildman–Crippen LogP) is -0.434. The van der Waals surface area contributed by atoms with Crippen LogP contribution in [0.5, 0.6) is 0 Å². The van der Waals surface area contributed by atoms with Gasteiger partial charge < -0.3 is 15.0 Å². The summed E-state index contributed by atoms with van der Waals surface area (Å²) >= 11 is 0. The molecule has 2 heterocycles. The Hall–Kier alpha value is -1.79. The molecule has 19 heavy (non-hydrogen) atoms. The fourth-order valence-electron chi connectivity index (χ4n) is 2.31. The van der Waals surface area contributed by atoms with Crippen molar-refractivity contribution < 1.29 is 19.1 Å². The van der Waals surface area contributed by atoms with Gasteiger partial charge in [-0.3, -0.25) is 14.5 Å². The molecular formula is C12H19N3O4. The molecule has 0 unspecified atom stereocenters. The van der Waals surface area contributed by atoms with Crippen molar-refractivity contribution in [1.29, 1.82) is 0 Å². The maximum Gasteiger partial charge on any atom is 0.410 e. The Balaban J connectivity index is 1.86. The minimum atomic E-state index is -0.473. The highest BCUT2D eigenvalue weighted by Gasteiger charge is 2.29. The van der Waals surface area contributed by atoms with Crippen LogP contribution in [0.3, 0.4) is 0 Å². The number of ether oxygens (including phenoxy) is 1. The van der Waals surface area contributed by atoms with Gasteiger partial charge in [-0.1, -0.05) is 0 Å². The monoisotopic (exact) mass is 269 g/mol. The van der Waals surface area contributed by atoms with Crippen molar-refractivity contribution in [3.8, 4) is 0 Å². The number of likely N-dealkylation sites (tertiary alicyclic amines) is 1. The Labute approximate surface area is 111 Å². The second kappa shape index (κ2) is 5.90. The third-order valence-corrected chi connectivity index (χ3v) is 3.43. The first-order chi connectivity index (χ1) is 9.08. The molecule has 0 aliphatic carbocycles. The van der Waals surface area contributed by atoms with E-state index in [1.54, 1.807) is 11.9 Å². The number of hydrogen-bond acceptors (Lipinski definition) is 4. The summed E-state index contributed by atoms with van der Waals surface area (Å²) < 4.78 is 4.75. The minimum absolute atomic E-state index is 0.0493. The molecule has 0 bridgehead atoms. The van der Waals surface area contributed by atoms with Crippen molar-refractivity contribution in [2.75, 3.05) is 33.3 Å². The Bertz CT molecular complexity index is 385. The van der Waals surface area contributed by atoms with E-state index in [4.69, 9.17) is 4.74 Å². The Morgan fingerprint density at radius 1 is 1.37 bits per heavy atom. The van der Waals surface area contributed by atoms with Crippen molar-refractivity contribution in [2.24, 2.45) is 0 Å². The summed E-state index contributed by atoms with van der Waals surface area (Å²) in [5.41, 5.74) is 0. The highest BCUT2D eigenvalue weighted by atomic mass is 16.6. The number of rotatable bonds is 3. The molecule has 7 nitrogen and oxygen atoms in total. The van der Waals surface area contributed by atoms with Crippen molar-refractivity contribution in [2.45, 2.75) is 25.3 Å². The van der Waals surface area contributed by atoms with Crippen LogP contribution in [-0.2, 0) is 14.3 Å². The van der Waals surface area contributed by atoms with Gasteiger partial charge in [-0.15, -0.1) is 0 Å². The van der Waals surface area contributed by atoms with Crippen LogP contribution in [0.4, 0.5) is 4.79 Å². The zero-order valence-electron chi connectivity index (χ0n) is 11.1. The summed E-state index contributed by atoms with van der Waals surface area (Å²) in [7, 11) is 1.74. The number of nitrogens with zero attached hydrogens (tertiary/aromatic N) is 2. The fraction of sp³-hybridized carbons (Fsp3) is 0.750. The lowest BCUT2D eigenvalue weighted by molar-refractivity contribution is -0.135. The number of hydrogen-bond donors (Lipinski definition) is 1. The lowest BCUT2D eigenvalue weighted by Gasteiger charge is -2.21. The molecule has 106 valence electrons. The molecule has 1 atom stereocenters. The number of cyclic esters (lactones) is 1. The van der Waals surface area contributed by atoms with Gasteiger partial charge in [0.25, 0.3) is 0 Å². The minimum Gasteiger partial charge on any atom is -0.448 e. The van der Waals surface area contributed by atoms with Gasteiger partial charge in [0.05, 0.1) is 6.54 Å². The van der Waals surface area contributed by atoms with Crippen LogP contribution in [0.2, 0.25) is 0 Å². The Morgan fingerprint density at radius 2 is 2.16 bits per heavy atom. The molecule has 7 heteroatoms. The first kappa shape index (κ1) is 13.6. The number of likely N-dealkylation sites (N-methyl/N-ethyl adjacent to an activating group) is 1. The highest BCUT2D eigenvalue weighted by Crippen LogP contribution is 2.11. The van der Waals surface area contributed by atoms with Crippen LogP contribution in [0.15, 0.2) is 0 Å². The second-order valence-electron chi connectivity index (χ2n) is 4.91. The maximum absolute atomic E-state index is 12.0. The number of carbonyl (C=O) groups is 3. The Morgan fingerprint density at radius 3 is 2.84 bits per heavy atom. The second-order valence-corrected chi connectivity index (χ2v) is 4.91. The summed E-state index contributed by atoms with van der Waals surface area (Å²) in [6, 6.07) is -0.473. The molecule has 0 saturated carbocycles. The molecule has 3 amide bonds. The molecule has 0 spiro atoms. The number of carbonyl (C=O) groups excluding carboxylic acids is 3. The van der Waals surface area contributed by atoms with Crippen LogP contribution < -0.4 is 5.32 Å². The van der Waals surface area contributed by atoms with E-state index in [1.165, 1.54) is 4.90 Å². The first-order valence-corrected chi connectivity index (χ1v) is 6.54. The van der Waals surface area contributed by atoms with E-state index in [9.17, 15) is 14.4 Å². The summed E-state index contributed by atoms with van der Waals surface area (Å²) in [5.74, 6) is -0.373. The largest absolute Gasteiger partial charge is 0.448 e. The van der Waals surface area contributed by atoms with Crippen molar-refractivity contribution >= 4 is 17.9 Å². The van der Waals surface area contributed by atoms with Gasteiger partial charge in [0.1, 0.15) is 19.2 Å². The van der Waals surface area contributed by atoms with E-state index in [-0.39, 0.29) is 18.4 Å². The maximum atomic E-state index is 12.0. The van der Waals surface area contributed by atoms with E-state index < -0.39 is 12.1 Å². The predicted molar refractivity (Wildman–Crippen MR) is 66.3 cm³/mol. The summed E-state index contributed by atoms with van der Waals surface area (Å²) in [6.07, 6.45) is 2.04. The average Bonchev–Trinajstić information content (AvgIpc) is 2.70. The van der Waals surface area contributed by atoms with Crippen LogP contribution >= 0.6 is 0 Å². The van der Waals surface area contributed by atoms with Crippen LogP contribution in [-0.4, -0.2) is 67.0 Å². The standard InChI is InChI=1S/C12H19N3O4/c1-14-5-3-2-4-9(11(14)17)13-10(16)8-15-6-7-19-12(15)18/h9H,2-8H2,1H3,(H,13,16)/t9-/m1/s1. The fourth-order valence-corrected chi connectivity index (χ4v) is 2.31. The Kier molecular flexibility index (Phi) is 4.24. The average molecular weight is 269 g/mol. The molecule has 2 aliphatic heterocycles. The molecular weight excluding hydrogens is 250 g/mol. The van der Waals surface area contributed by atoms with Gasteiger partial charge in [0, 0.05) is 13.6 Å². The molecule has 0 aromatic rings. The number of amides is 3. The van der Waals surface area contributed by atoms with Crippen LogP contribution in [0.25, 0.3) is 0 Å². The van der Waals surface area contributed by atoms with E-state index in [0.717, 1.165) is 19.4 Å². The summed E-state index contributed by atoms with van der Waals surface area (Å²) in [6.45, 7) is 1.41. The lowest BCUT2D eigenvalue weighted by atomic mass is 10.1. The zero-order valence-corrected chi connectivity index (χ0v) is 11.1. The molecule has 1 N–H and O–H groups in total. The first-order valence-electron chi connectivity index (χ1n) is 6.54. The molecule has 2 fully saturated rings. The van der Waals surface area contributed by atoms with Crippen LogP contribution in [0, 0.1) is 0 Å². The van der Waals surface area contributed by atoms with Gasteiger partial charge in [-0.2, -0.15) is 0 Å². The van der Waals surface area contributed by atoms with Crippen molar-refractivity contribution in [1.82, 2.24) is 15.1 Å². The van der Waals surface area contributed by atoms with E-state index in [2.05, 4.69) is 5.32 Å². The third-order valence-electron chi connectivity index (χ3n) is 3.43. The van der Waals surface area contributed by atoms with E-state index in [0.29, 0.717) is 19.6 Å². The molecule has 0 aromatic carbocycles. The topological polar surface area (TPSA) is 79.0 Å².